The fourth-order valence-electron chi connectivity index (χ4n) is 6.34. The van der Waals surface area contributed by atoms with E-state index in [1.54, 1.807) is 14.2 Å². The predicted molar refractivity (Wildman–Crippen MR) is 194 cm³/mol. The summed E-state index contributed by atoms with van der Waals surface area (Å²) in [5.41, 5.74) is 5.04. The van der Waals surface area contributed by atoms with Gasteiger partial charge in [-0.25, -0.2) is 0 Å². The number of rotatable bonds is 5. The summed E-state index contributed by atoms with van der Waals surface area (Å²) in [7, 11) is 3.37. The van der Waals surface area contributed by atoms with Gasteiger partial charge in [-0.1, -0.05) is 91.3 Å². The molecule has 7 aromatic carbocycles. The van der Waals surface area contributed by atoms with Crippen LogP contribution in [0.5, 0.6) is 11.5 Å². The molecule has 228 valence electrons. The third-order valence-electron chi connectivity index (χ3n) is 8.80. The van der Waals surface area contributed by atoms with Gasteiger partial charge < -0.3 is 14.6 Å². The highest BCUT2D eigenvalue weighted by atomic mass is 16.5. The monoisotopic (exact) mass is 610 g/mol. The molecule has 0 aliphatic heterocycles. The Morgan fingerprint density at radius 1 is 0.532 bits per heavy atom. The maximum absolute atomic E-state index is 9.81. The molecule has 1 N–H and O–H groups in total. The van der Waals surface area contributed by atoms with Crippen molar-refractivity contribution in [3.63, 3.8) is 0 Å². The van der Waals surface area contributed by atoms with Crippen molar-refractivity contribution in [2.24, 2.45) is 5.92 Å². The Bertz CT molecular complexity index is 2430. The Labute approximate surface area is 275 Å². The molecule has 3 nitrogen and oxygen atoms in total. The fourth-order valence-corrected chi connectivity index (χ4v) is 6.34. The van der Waals surface area contributed by atoms with Crippen LogP contribution in [0.3, 0.4) is 0 Å². The molecule has 3 heteroatoms. The van der Waals surface area contributed by atoms with E-state index < -0.39 is 0 Å². The molecule has 0 amide bonds. The van der Waals surface area contributed by atoms with Gasteiger partial charge >= 0.3 is 0 Å². The Morgan fingerprint density at radius 3 is 1.57 bits per heavy atom. The van der Waals surface area contributed by atoms with Gasteiger partial charge in [-0.15, -0.1) is 0 Å². The van der Waals surface area contributed by atoms with Crippen molar-refractivity contribution in [1.29, 1.82) is 0 Å². The molecule has 7 aromatic rings. The lowest BCUT2D eigenvalue weighted by molar-refractivity contribution is 0.237. The Kier molecular flexibility index (Phi) is 8.24. The SMILES string of the molecule is COc1ccc2c(C#Cc3c4ccccc4c(C#Cc4cccc5cc(OC)ccc45)c4cc(CC(C)CO)ccc34)cccc2c1. The third-order valence-corrected chi connectivity index (χ3v) is 8.80. The van der Waals surface area contributed by atoms with E-state index in [0.29, 0.717) is 0 Å². The highest BCUT2D eigenvalue weighted by Gasteiger charge is 2.14. The van der Waals surface area contributed by atoms with E-state index >= 15 is 0 Å². The van der Waals surface area contributed by atoms with Crippen molar-refractivity contribution >= 4 is 43.1 Å². The molecule has 0 saturated heterocycles. The minimum absolute atomic E-state index is 0.141. The van der Waals surface area contributed by atoms with Crippen LogP contribution >= 0.6 is 0 Å². The summed E-state index contributed by atoms with van der Waals surface area (Å²) >= 11 is 0. The number of fused-ring (bicyclic) bond motifs is 4. The van der Waals surface area contributed by atoms with Crippen molar-refractivity contribution in [3.05, 3.63) is 143 Å². The van der Waals surface area contributed by atoms with Gasteiger partial charge in [0.1, 0.15) is 11.5 Å². The molecular weight excluding hydrogens is 576 g/mol. The van der Waals surface area contributed by atoms with Gasteiger partial charge in [0.05, 0.1) is 14.2 Å². The summed E-state index contributed by atoms with van der Waals surface area (Å²) in [5, 5.41) is 18.4. The Hall–Kier alpha value is -5.74. The summed E-state index contributed by atoms with van der Waals surface area (Å²) < 4.78 is 10.9. The number of aliphatic hydroxyl groups excluding tert-OH is 1. The van der Waals surface area contributed by atoms with Crippen LogP contribution in [0.4, 0.5) is 0 Å². The van der Waals surface area contributed by atoms with Crippen LogP contribution in [0.1, 0.15) is 34.7 Å². The summed E-state index contributed by atoms with van der Waals surface area (Å²) in [6.45, 7) is 2.21. The average molecular weight is 611 g/mol. The first-order valence-electron chi connectivity index (χ1n) is 15.8. The summed E-state index contributed by atoms with van der Waals surface area (Å²) in [5.74, 6) is 16.0. The van der Waals surface area contributed by atoms with Crippen LogP contribution in [0, 0.1) is 29.6 Å². The van der Waals surface area contributed by atoms with Gasteiger partial charge in [0.2, 0.25) is 0 Å². The number of hydrogen-bond donors (Lipinski definition) is 1. The van der Waals surface area contributed by atoms with Crippen LogP contribution < -0.4 is 9.47 Å². The first-order valence-corrected chi connectivity index (χ1v) is 15.8. The van der Waals surface area contributed by atoms with E-state index in [1.165, 1.54) is 0 Å². The minimum Gasteiger partial charge on any atom is -0.497 e. The van der Waals surface area contributed by atoms with Gasteiger partial charge in [-0.3, -0.25) is 0 Å². The second-order valence-corrected chi connectivity index (χ2v) is 12.0. The van der Waals surface area contributed by atoms with Crippen molar-refractivity contribution in [3.8, 4) is 35.2 Å². The zero-order chi connectivity index (χ0) is 32.3. The first kappa shape index (κ1) is 29.9. The van der Waals surface area contributed by atoms with Crippen LogP contribution in [-0.2, 0) is 6.42 Å². The Balaban J connectivity index is 1.46. The minimum atomic E-state index is 0.141. The van der Waals surface area contributed by atoms with Gasteiger partial charge in [-0.05, 0) is 116 Å². The highest BCUT2D eigenvalue weighted by molar-refractivity contribution is 6.10. The smallest absolute Gasteiger partial charge is 0.119 e. The molecular formula is C44H34O3. The van der Waals surface area contributed by atoms with Crippen LogP contribution in [0.15, 0.2) is 115 Å². The van der Waals surface area contributed by atoms with E-state index in [2.05, 4.69) is 109 Å². The highest BCUT2D eigenvalue weighted by Crippen LogP contribution is 2.34. The molecule has 0 heterocycles. The average Bonchev–Trinajstić information content (AvgIpc) is 3.12. The molecule has 0 saturated carbocycles. The maximum atomic E-state index is 9.81. The molecule has 0 radical (unpaired) electrons. The number of benzene rings is 7. The van der Waals surface area contributed by atoms with E-state index in [4.69, 9.17) is 9.47 Å². The number of hydrogen-bond acceptors (Lipinski definition) is 3. The molecule has 47 heavy (non-hydrogen) atoms. The summed E-state index contributed by atoms with van der Waals surface area (Å²) in [6.07, 6.45) is 0.776. The first-order chi connectivity index (χ1) is 23.1. The normalized spacial score (nSPS) is 11.6. The Morgan fingerprint density at radius 2 is 1.04 bits per heavy atom. The van der Waals surface area contributed by atoms with Crippen LogP contribution in [-0.4, -0.2) is 25.9 Å². The van der Waals surface area contributed by atoms with Crippen LogP contribution in [0.2, 0.25) is 0 Å². The predicted octanol–water partition coefficient (Wildman–Crippen LogP) is 9.29. The molecule has 0 bridgehead atoms. The van der Waals surface area contributed by atoms with Gasteiger partial charge in [0.15, 0.2) is 0 Å². The van der Waals surface area contributed by atoms with Crippen molar-refractivity contribution in [2.75, 3.05) is 20.8 Å². The fraction of sp³-hybridized carbons (Fsp3) is 0.136. The zero-order valence-corrected chi connectivity index (χ0v) is 26.7. The quantitative estimate of drug-likeness (QED) is 0.156. The number of aliphatic hydroxyl groups is 1. The summed E-state index contributed by atoms with van der Waals surface area (Å²) in [6, 6.07) is 39.6. The molecule has 0 fully saturated rings. The van der Waals surface area contributed by atoms with Crippen molar-refractivity contribution < 1.29 is 14.6 Å². The molecule has 0 spiro atoms. The molecule has 1 atom stereocenters. The standard InChI is InChI=1S/C44H34O3/c1-29(28-45)24-30-14-19-42-41(20-15-31-8-6-10-33-26-35(46-2)17-22-37(31)33)39-12-4-5-13-40(39)43(44(42)25-30)21-16-32-9-7-11-34-27-36(47-3)18-23-38(32)34/h4-14,17-19,22-23,25-27,29,45H,24,28H2,1-3H3. The van der Waals surface area contributed by atoms with E-state index in [-0.39, 0.29) is 12.5 Å². The number of ether oxygens (including phenoxy) is 2. The molecule has 0 aromatic heterocycles. The van der Waals surface area contributed by atoms with Gasteiger partial charge in [-0.2, -0.15) is 0 Å². The van der Waals surface area contributed by atoms with Crippen molar-refractivity contribution in [1.82, 2.24) is 0 Å². The van der Waals surface area contributed by atoms with Gasteiger partial charge in [0.25, 0.3) is 0 Å². The second kappa shape index (κ2) is 12.9. The lowest BCUT2D eigenvalue weighted by Gasteiger charge is -2.14. The molecule has 0 aliphatic rings. The second-order valence-electron chi connectivity index (χ2n) is 12.0. The molecule has 7 rings (SSSR count). The molecule has 0 aliphatic carbocycles. The van der Waals surface area contributed by atoms with Crippen LogP contribution in [0.25, 0.3) is 43.1 Å². The lowest BCUT2D eigenvalue weighted by Crippen LogP contribution is -2.04. The lowest BCUT2D eigenvalue weighted by atomic mass is 9.89. The molecule has 1 unspecified atom stereocenters. The zero-order valence-electron chi connectivity index (χ0n) is 26.7. The largest absolute Gasteiger partial charge is 0.497 e. The third kappa shape index (κ3) is 5.86. The van der Waals surface area contributed by atoms with Crippen molar-refractivity contribution in [2.45, 2.75) is 13.3 Å². The topological polar surface area (TPSA) is 38.7 Å². The number of methoxy groups -OCH3 is 2. The summed E-state index contributed by atoms with van der Waals surface area (Å²) in [4.78, 5) is 0. The van der Waals surface area contributed by atoms with Gasteiger partial charge in [0, 0.05) is 28.9 Å². The maximum Gasteiger partial charge on any atom is 0.119 e. The van der Waals surface area contributed by atoms with E-state index in [1.807, 2.05) is 36.4 Å². The van der Waals surface area contributed by atoms with E-state index in [9.17, 15) is 5.11 Å². The van der Waals surface area contributed by atoms with E-state index in [0.717, 1.165) is 88.8 Å².